The molecule has 8 atom stereocenters. The van der Waals surface area contributed by atoms with Crippen LogP contribution in [0.4, 0.5) is 0 Å². The van der Waals surface area contributed by atoms with E-state index in [1.807, 2.05) is 6.92 Å². The first-order valence-corrected chi connectivity index (χ1v) is 17.4. The van der Waals surface area contributed by atoms with Gasteiger partial charge in [-0.15, -0.1) is 0 Å². The lowest BCUT2D eigenvalue weighted by molar-refractivity contribution is -0.111. The summed E-state index contributed by atoms with van der Waals surface area (Å²) in [7, 11) is -3.71. The molecule has 0 bridgehead atoms. The van der Waals surface area contributed by atoms with E-state index in [0.29, 0.717) is 29.6 Å². The molecule has 4 aliphatic rings. The maximum absolute atomic E-state index is 12.8. The lowest BCUT2D eigenvalue weighted by atomic mass is 9.45. The summed E-state index contributed by atoms with van der Waals surface area (Å²) in [6.07, 6.45) is 13.2. The Morgan fingerprint density at radius 2 is 1.75 bits per heavy atom. The van der Waals surface area contributed by atoms with Crippen molar-refractivity contribution in [3.8, 4) is 0 Å². The predicted molar refractivity (Wildman–Crippen MR) is 163 cm³/mol. The second-order valence-corrected chi connectivity index (χ2v) is 16.4. The highest BCUT2D eigenvalue weighted by molar-refractivity contribution is 7.89. The van der Waals surface area contributed by atoms with E-state index in [1.54, 1.807) is 24.3 Å². The van der Waals surface area contributed by atoms with Crippen molar-refractivity contribution in [1.82, 2.24) is 4.83 Å². The van der Waals surface area contributed by atoms with Crippen molar-refractivity contribution in [2.24, 2.45) is 51.4 Å². The third kappa shape index (κ3) is 5.44. The number of aliphatic hydroxyl groups excluding tert-OH is 1. The van der Waals surface area contributed by atoms with Crippen LogP contribution in [-0.2, 0) is 10.0 Å². The molecule has 5 nitrogen and oxygen atoms in total. The Bertz CT molecular complexity index is 1240. The fourth-order valence-electron chi connectivity index (χ4n) is 9.54. The zero-order chi connectivity index (χ0) is 28.9. The van der Waals surface area contributed by atoms with E-state index in [1.165, 1.54) is 50.5 Å². The van der Waals surface area contributed by atoms with Crippen LogP contribution in [0.5, 0.6) is 0 Å². The van der Waals surface area contributed by atoms with E-state index in [0.717, 1.165) is 41.9 Å². The smallest absolute Gasteiger partial charge is 0.276 e. The topological polar surface area (TPSA) is 78.8 Å². The summed E-state index contributed by atoms with van der Waals surface area (Å²) in [5.41, 5.74) is 3.45. The molecule has 3 unspecified atom stereocenters. The van der Waals surface area contributed by atoms with Crippen LogP contribution in [0.3, 0.4) is 0 Å². The molecule has 0 saturated heterocycles. The van der Waals surface area contributed by atoms with Crippen molar-refractivity contribution in [3.05, 3.63) is 41.5 Å². The van der Waals surface area contributed by atoms with Crippen molar-refractivity contribution in [3.63, 3.8) is 0 Å². The Morgan fingerprint density at radius 3 is 2.45 bits per heavy atom. The molecule has 222 valence electrons. The second-order valence-electron chi connectivity index (χ2n) is 14.7. The number of rotatable bonds is 8. The van der Waals surface area contributed by atoms with Gasteiger partial charge in [0, 0.05) is 0 Å². The maximum atomic E-state index is 12.8. The Kier molecular flexibility index (Phi) is 8.35. The fourth-order valence-corrected chi connectivity index (χ4v) is 10.4. The summed E-state index contributed by atoms with van der Waals surface area (Å²) in [4.78, 5) is 2.69. The van der Waals surface area contributed by atoms with E-state index in [9.17, 15) is 13.5 Å². The van der Waals surface area contributed by atoms with Crippen LogP contribution in [-0.4, -0.2) is 25.3 Å². The number of sulfonamides is 1. The molecule has 2 N–H and O–H groups in total. The highest BCUT2D eigenvalue weighted by Crippen LogP contribution is 2.67. The zero-order valence-corrected chi connectivity index (χ0v) is 26.4. The molecule has 6 heteroatoms. The van der Waals surface area contributed by atoms with Gasteiger partial charge in [0.05, 0.1) is 16.7 Å². The third-order valence-corrected chi connectivity index (χ3v) is 13.1. The Hall–Kier alpha value is -1.66. The minimum Gasteiger partial charge on any atom is -0.392 e. The fraction of sp³-hybridized carbons (Fsp3) is 0.735. The first-order chi connectivity index (χ1) is 18.8. The van der Waals surface area contributed by atoms with Crippen LogP contribution in [0.25, 0.3) is 0 Å². The first-order valence-electron chi connectivity index (χ1n) is 15.9. The number of nitrogens with zero attached hydrogens (tertiary/aromatic N) is 1. The second kappa shape index (κ2) is 11.2. The van der Waals surface area contributed by atoms with Gasteiger partial charge in [0.2, 0.25) is 0 Å². The molecule has 0 spiro atoms. The number of hydrogen-bond acceptors (Lipinski definition) is 4. The summed E-state index contributed by atoms with van der Waals surface area (Å²) < 4.78 is 25.6. The Morgan fingerprint density at radius 1 is 1.02 bits per heavy atom. The summed E-state index contributed by atoms with van der Waals surface area (Å²) in [5, 5.41) is 16.0. The average molecular weight is 569 g/mol. The molecule has 0 radical (unpaired) electrons. The van der Waals surface area contributed by atoms with Crippen LogP contribution in [0.15, 0.2) is 45.9 Å². The molecule has 4 aliphatic carbocycles. The van der Waals surface area contributed by atoms with Gasteiger partial charge in [-0.1, -0.05) is 77.2 Å². The minimum atomic E-state index is -3.71. The van der Waals surface area contributed by atoms with Gasteiger partial charge in [-0.05, 0) is 116 Å². The molecule has 0 aliphatic heterocycles. The van der Waals surface area contributed by atoms with E-state index < -0.39 is 10.0 Å². The predicted octanol–water partition coefficient (Wildman–Crippen LogP) is 7.64. The molecule has 1 aromatic rings. The van der Waals surface area contributed by atoms with Crippen LogP contribution >= 0.6 is 0 Å². The number of aliphatic hydroxyl groups is 1. The van der Waals surface area contributed by atoms with E-state index in [-0.39, 0.29) is 16.4 Å². The van der Waals surface area contributed by atoms with Crippen LogP contribution in [0, 0.1) is 53.3 Å². The summed E-state index contributed by atoms with van der Waals surface area (Å²) in [6, 6.07) is 6.82. The first kappa shape index (κ1) is 29.8. The molecule has 1 aromatic carbocycles. The van der Waals surface area contributed by atoms with Gasteiger partial charge in [0.15, 0.2) is 0 Å². The monoisotopic (exact) mass is 568 g/mol. The van der Waals surface area contributed by atoms with Gasteiger partial charge in [-0.25, -0.2) is 0 Å². The summed E-state index contributed by atoms with van der Waals surface area (Å²) in [5.74, 6) is 3.77. The van der Waals surface area contributed by atoms with Crippen molar-refractivity contribution >= 4 is 15.7 Å². The number of hydrazone groups is 1. The SMILES string of the molecule is Cc1ccc(S(=O)(=O)N/N=C2/C=C3CC(O)C4C(CC[C@]5(C)[C@@H]([C@H](C)CCCC(C)C)CC[C@@H]45)[C@@]3(C)CC2)cc1. The number of hydrogen-bond donors (Lipinski definition) is 2. The van der Waals surface area contributed by atoms with E-state index in [2.05, 4.69) is 50.6 Å². The average Bonchev–Trinajstić information content (AvgIpc) is 3.25. The van der Waals surface area contributed by atoms with E-state index in [4.69, 9.17) is 0 Å². The van der Waals surface area contributed by atoms with Crippen molar-refractivity contribution in [2.75, 3.05) is 0 Å². The number of fused-ring (bicyclic) bond motifs is 5. The minimum absolute atomic E-state index is 0.0566. The van der Waals surface area contributed by atoms with Crippen molar-refractivity contribution in [2.45, 2.75) is 117 Å². The maximum Gasteiger partial charge on any atom is 0.276 e. The van der Waals surface area contributed by atoms with Crippen LogP contribution in [0.1, 0.15) is 104 Å². The van der Waals surface area contributed by atoms with Crippen LogP contribution in [0.2, 0.25) is 0 Å². The number of allylic oxidation sites excluding steroid dienone is 1. The molecular weight excluding hydrogens is 516 g/mol. The molecule has 40 heavy (non-hydrogen) atoms. The largest absolute Gasteiger partial charge is 0.392 e. The molecule has 0 amide bonds. The van der Waals surface area contributed by atoms with E-state index >= 15 is 0 Å². The van der Waals surface area contributed by atoms with Crippen LogP contribution < -0.4 is 4.83 Å². The Labute approximate surface area is 243 Å². The molecular formula is C34H52N2O3S. The van der Waals surface area contributed by atoms with Gasteiger partial charge in [-0.2, -0.15) is 18.4 Å². The van der Waals surface area contributed by atoms with Gasteiger partial charge in [0.25, 0.3) is 10.0 Å². The highest BCUT2D eigenvalue weighted by Gasteiger charge is 2.61. The molecule has 3 fully saturated rings. The molecule has 0 heterocycles. The lowest BCUT2D eigenvalue weighted by Crippen LogP contribution is -2.55. The highest BCUT2D eigenvalue weighted by atomic mass is 32.2. The van der Waals surface area contributed by atoms with Crippen molar-refractivity contribution in [1.29, 1.82) is 0 Å². The van der Waals surface area contributed by atoms with Gasteiger partial charge in [-0.3, -0.25) is 0 Å². The summed E-state index contributed by atoms with van der Waals surface area (Å²) in [6.45, 7) is 14.1. The van der Waals surface area contributed by atoms with Gasteiger partial charge in [0.1, 0.15) is 0 Å². The van der Waals surface area contributed by atoms with Gasteiger partial charge < -0.3 is 5.11 Å². The molecule has 0 aromatic heterocycles. The van der Waals surface area contributed by atoms with Gasteiger partial charge >= 0.3 is 0 Å². The number of benzene rings is 1. The zero-order valence-electron chi connectivity index (χ0n) is 25.6. The normalized spacial score (nSPS) is 37.5. The molecule has 5 rings (SSSR count). The third-order valence-electron chi connectivity index (χ3n) is 11.8. The Balaban J connectivity index is 1.31. The standard InChI is InChI=1S/C34H52N2O3S/c1-22(2)8-7-9-24(4)28-14-15-29-32-30(17-19-34(28,29)6)33(5)18-16-26(20-25(33)21-31(32)37)35-36-40(38,39)27-12-10-23(3)11-13-27/h10-13,20,22,24,28-32,36-37H,7-9,14-19,21H2,1-6H3/b35-26+/t24-,28-,29+,30?,31?,32?,33+,34-/m1/s1. The molecule has 3 saturated carbocycles. The quantitative estimate of drug-likeness (QED) is 0.316. The summed E-state index contributed by atoms with van der Waals surface area (Å²) >= 11 is 0. The lowest BCUT2D eigenvalue weighted by Gasteiger charge is -2.60. The number of aryl methyl sites for hydroxylation is 1. The number of nitrogens with one attached hydrogen (secondary N) is 1. The van der Waals surface area contributed by atoms with Crippen molar-refractivity contribution < 1.29 is 13.5 Å².